The predicted octanol–water partition coefficient (Wildman–Crippen LogP) is -0.972. The molecule has 0 aromatic carbocycles. The molecule has 4 N–H and O–H groups in total. The molecule has 7 nitrogen and oxygen atoms in total. The van der Waals surface area contributed by atoms with Gasteiger partial charge in [-0.25, -0.2) is 4.79 Å². The minimum absolute atomic E-state index is 0.0761. The summed E-state index contributed by atoms with van der Waals surface area (Å²) in [4.78, 5) is 35.2. The zero-order chi connectivity index (χ0) is 13.9. The summed E-state index contributed by atoms with van der Waals surface area (Å²) in [6.45, 7) is 5.86. The standard InChI is InChI=1S/C11H20N4O3/c1-7(2)11(3,6-12)14-9(17)5-15-4-8(16)13-10(15)18/h7H,4-6,12H2,1-3H3,(H,14,17)(H,13,16,18). The van der Waals surface area contributed by atoms with Crippen LogP contribution in [0.4, 0.5) is 4.79 Å². The van der Waals surface area contributed by atoms with Gasteiger partial charge in [-0.15, -0.1) is 0 Å². The molecule has 0 bridgehead atoms. The Kier molecular flexibility index (Phi) is 4.28. The van der Waals surface area contributed by atoms with Crippen molar-refractivity contribution in [3.8, 4) is 0 Å². The van der Waals surface area contributed by atoms with Crippen LogP contribution in [0, 0.1) is 5.92 Å². The number of rotatable bonds is 5. The second-order valence-corrected chi connectivity index (χ2v) is 5.03. The van der Waals surface area contributed by atoms with E-state index in [4.69, 9.17) is 5.73 Å². The first-order chi connectivity index (χ1) is 8.28. The summed E-state index contributed by atoms with van der Waals surface area (Å²) < 4.78 is 0. The van der Waals surface area contributed by atoms with E-state index in [2.05, 4.69) is 10.6 Å². The van der Waals surface area contributed by atoms with Gasteiger partial charge in [0.05, 0.1) is 5.54 Å². The van der Waals surface area contributed by atoms with Crippen molar-refractivity contribution in [1.82, 2.24) is 15.5 Å². The fourth-order valence-corrected chi connectivity index (χ4v) is 1.57. The molecule has 1 atom stereocenters. The number of nitrogens with two attached hydrogens (primary N) is 1. The van der Waals surface area contributed by atoms with Crippen molar-refractivity contribution in [2.24, 2.45) is 11.7 Å². The van der Waals surface area contributed by atoms with Gasteiger partial charge in [0.15, 0.2) is 0 Å². The highest BCUT2D eigenvalue weighted by Gasteiger charge is 2.32. The summed E-state index contributed by atoms with van der Waals surface area (Å²) in [5.41, 5.74) is 5.14. The summed E-state index contributed by atoms with van der Waals surface area (Å²) in [6.07, 6.45) is 0. The molecular weight excluding hydrogens is 236 g/mol. The van der Waals surface area contributed by atoms with E-state index in [0.717, 1.165) is 4.90 Å². The Labute approximate surface area is 106 Å². The summed E-state index contributed by atoms with van der Waals surface area (Å²) in [6, 6.07) is -0.533. The smallest absolute Gasteiger partial charge is 0.325 e. The normalized spacial score (nSPS) is 18.8. The molecule has 1 heterocycles. The number of carbonyl (C=O) groups is 3. The lowest BCUT2D eigenvalue weighted by Crippen LogP contribution is -2.57. The van der Waals surface area contributed by atoms with Gasteiger partial charge >= 0.3 is 6.03 Å². The molecule has 1 saturated heterocycles. The fourth-order valence-electron chi connectivity index (χ4n) is 1.57. The third-order valence-corrected chi connectivity index (χ3v) is 3.33. The van der Waals surface area contributed by atoms with E-state index in [1.165, 1.54) is 0 Å². The van der Waals surface area contributed by atoms with E-state index < -0.39 is 17.5 Å². The molecule has 102 valence electrons. The lowest BCUT2D eigenvalue weighted by atomic mass is 9.88. The summed E-state index contributed by atoms with van der Waals surface area (Å²) in [5, 5.41) is 4.92. The molecule has 0 saturated carbocycles. The second kappa shape index (κ2) is 5.34. The zero-order valence-corrected chi connectivity index (χ0v) is 10.9. The van der Waals surface area contributed by atoms with Gasteiger partial charge in [-0.3, -0.25) is 14.9 Å². The molecule has 1 aliphatic rings. The Morgan fingerprint density at radius 1 is 1.56 bits per heavy atom. The molecule has 0 aromatic rings. The first-order valence-corrected chi connectivity index (χ1v) is 5.88. The van der Waals surface area contributed by atoms with Crippen LogP contribution in [0.25, 0.3) is 0 Å². The average Bonchev–Trinajstić information content (AvgIpc) is 2.56. The Balaban J connectivity index is 2.56. The molecule has 0 aliphatic carbocycles. The van der Waals surface area contributed by atoms with Gasteiger partial charge < -0.3 is 16.0 Å². The molecule has 1 aliphatic heterocycles. The maximum atomic E-state index is 11.8. The highest BCUT2D eigenvalue weighted by atomic mass is 16.2. The van der Waals surface area contributed by atoms with Crippen LogP contribution < -0.4 is 16.4 Å². The molecule has 18 heavy (non-hydrogen) atoms. The van der Waals surface area contributed by atoms with Gasteiger partial charge in [0, 0.05) is 6.54 Å². The van der Waals surface area contributed by atoms with Crippen molar-refractivity contribution in [1.29, 1.82) is 0 Å². The van der Waals surface area contributed by atoms with Gasteiger partial charge in [-0.1, -0.05) is 13.8 Å². The number of imide groups is 1. The zero-order valence-electron chi connectivity index (χ0n) is 10.9. The molecule has 1 rings (SSSR count). The Morgan fingerprint density at radius 3 is 2.56 bits per heavy atom. The van der Waals surface area contributed by atoms with Crippen molar-refractivity contribution in [2.75, 3.05) is 19.6 Å². The van der Waals surface area contributed by atoms with Crippen molar-refractivity contribution in [3.05, 3.63) is 0 Å². The van der Waals surface area contributed by atoms with Crippen molar-refractivity contribution in [3.63, 3.8) is 0 Å². The number of hydrogen-bond donors (Lipinski definition) is 3. The quantitative estimate of drug-likeness (QED) is 0.550. The van der Waals surface area contributed by atoms with E-state index in [-0.39, 0.29) is 24.9 Å². The highest BCUT2D eigenvalue weighted by molar-refractivity contribution is 6.03. The van der Waals surface area contributed by atoms with E-state index in [0.29, 0.717) is 6.54 Å². The lowest BCUT2D eigenvalue weighted by Gasteiger charge is -2.34. The van der Waals surface area contributed by atoms with Crippen molar-refractivity contribution >= 4 is 17.8 Å². The van der Waals surface area contributed by atoms with Gasteiger partial charge in [0.25, 0.3) is 0 Å². The summed E-state index contributed by atoms with van der Waals surface area (Å²) >= 11 is 0. The fraction of sp³-hybridized carbons (Fsp3) is 0.727. The van der Waals surface area contributed by atoms with Crippen LogP contribution in [0.1, 0.15) is 20.8 Å². The number of carbonyl (C=O) groups excluding carboxylic acids is 3. The van der Waals surface area contributed by atoms with Gasteiger partial charge in [-0.2, -0.15) is 0 Å². The average molecular weight is 256 g/mol. The number of hydrogen-bond acceptors (Lipinski definition) is 4. The number of urea groups is 1. The molecule has 0 radical (unpaired) electrons. The molecule has 1 unspecified atom stereocenters. The third kappa shape index (κ3) is 3.19. The van der Waals surface area contributed by atoms with Crippen LogP contribution in [-0.2, 0) is 9.59 Å². The van der Waals surface area contributed by atoms with E-state index >= 15 is 0 Å². The molecule has 0 spiro atoms. The Morgan fingerprint density at radius 2 is 2.17 bits per heavy atom. The maximum absolute atomic E-state index is 11.8. The summed E-state index contributed by atoms with van der Waals surface area (Å²) in [7, 11) is 0. The van der Waals surface area contributed by atoms with E-state index in [9.17, 15) is 14.4 Å². The Bertz CT molecular complexity index is 369. The van der Waals surface area contributed by atoms with Crippen molar-refractivity contribution < 1.29 is 14.4 Å². The summed E-state index contributed by atoms with van der Waals surface area (Å²) in [5.74, 6) is -0.541. The lowest BCUT2D eigenvalue weighted by molar-refractivity contribution is -0.124. The molecule has 7 heteroatoms. The molecule has 4 amide bonds. The maximum Gasteiger partial charge on any atom is 0.325 e. The van der Waals surface area contributed by atoms with E-state index in [1.807, 2.05) is 20.8 Å². The van der Waals surface area contributed by atoms with Crippen LogP contribution in [0.5, 0.6) is 0 Å². The van der Waals surface area contributed by atoms with Crippen LogP contribution >= 0.6 is 0 Å². The molecular formula is C11H20N4O3. The van der Waals surface area contributed by atoms with Crippen LogP contribution in [0.3, 0.4) is 0 Å². The largest absolute Gasteiger partial charge is 0.348 e. The van der Waals surface area contributed by atoms with Crippen molar-refractivity contribution in [2.45, 2.75) is 26.3 Å². The number of nitrogens with one attached hydrogen (secondary N) is 2. The van der Waals surface area contributed by atoms with Gasteiger partial charge in [0.1, 0.15) is 13.1 Å². The van der Waals surface area contributed by atoms with Gasteiger partial charge in [0.2, 0.25) is 11.8 Å². The monoisotopic (exact) mass is 256 g/mol. The second-order valence-electron chi connectivity index (χ2n) is 5.03. The predicted molar refractivity (Wildman–Crippen MR) is 65.6 cm³/mol. The van der Waals surface area contributed by atoms with Gasteiger partial charge in [-0.05, 0) is 12.8 Å². The SMILES string of the molecule is CC(C)C(C)(CN)NC(=O)CN1CC(=O)NC1=O. The van der Waals surface area contributed by atoms with Crippen LogP contribution in [0.15, 0.2) is 0 Å². The minimum Gasteiger partial charge on any atom is -0.348 e. The number of nitrogens with zero attached hydrogens (tertiary/aromatic N) is 1. The first kappa shape index (κ1) is 14.4. The molecule has 1 fully saturated rings. The molecule has 0 aromatic heterocycles. The Hall–Kier alpha value is -1.63. The first-order valence-electron chi connectivity index (χ1n) is 5.88. The third-order valence-electron chi connectivity index (χ3n) is 3.33. The topological polar surface area (TPSA) is 105 Å². The van der Waals surface area contributed by atoms with E-state index in [1.54, 1.807) is 0 Å². The number of amides is 4. The van der Waals surface area contributed by atoms with Crippen LogP contribution in [0.2, 0.25) is 0 Å². The minimum atomic E-state index is -0.533. The van der Waals surface area contributed by atoms with Crippen LogP contribution in [-0.4, -0.2) is 47.9 Å². The highest BCUT2D eigenvalue weighted by Crippen LogP contribution is 2.14.